The molecular formula is C13H19ClN4O. The number of halogens is 1. The maximum Gasteiger partial charge on any atom is 0.224 e. The van der Waals surface area contributed by atoms with E-state index in [9.17, 15) is 4.79 Å². The van der Waals surface area contributed by atoms with E-state index in [-0.39, 0.29) is 5.91 Å². The van der Waals surface area contributed by atoms with Crippen LogP contribution in [0.5, 0.6) is 0 Å². The van der Waals surface area contributed by atoms with Gasteiger partial charge < -0.3 is 10.2 Å². The van der Waals surface area contributed by atoms with E-state index in [0.29, 0.717) is 18.1 Å². The second-order valence-electron chi connectivity index (χ2n) is 4.61. The Kier molecular flexibility index (Phi) is 4.96. The van der Waals surface area contributed by atoms with Crippen molar-refractivity contribution in [1.82, 2.24) is 14.9 Å². The molecule has 1 amide bonds. The van der Waals surface area contributed by atoms with Crippen LogP contribution in [-0.4, -0.2) is 40.4 Å². The van der Waals surface area contributed by atoms with Gasteiger partial charge in [0.2, 0.25) is 5.91 Å². The van der Waals surface area contributed by atoms with Gasteiger partial charge in [-0.2, -0.15) is 0 Å². The summed E-state index contributed by atoms with van der Waals surface area (Å²) >= 11 is 6.01. The van der Waals surface area contributed by atoms with Crippen molar-refractivity contribution >= 4 is 23.3 Å². The lowest BCUT2D eigenvalue weighted by Gasteiger charge is -2.16. The Morgan fingerprint density at radius 2 is 2.16 bits per heavy atom. The Labute approximate surface area is 118 Å². The lowest BCUT2D eigenvalue weighted by atomic mass is 10.2. The Balaban J connectivity index is 1.85. The normalized spacial score (nSPS) is 14.7. The number of amides is 1. The van der Waals surface area contributed by atoms with Crippen LogP contribution in [0.4, 0.5) is 5.82 Å². The first kappa shape index (κ1) is 14.1. The zero-order valence-electron chi connectivity index (χ0n) is 11.2. The summed E-state index contributed by atoms with van der Waals surface area (Å²) in [5.74, 6) is 0.944. The number of anilines is 1. The van der Waals surface area contributed by atoms with Gasteiger partial charge in [0.15, 0.2) is 0 Å². The van der Waals surface area contributed by atoms with Crippen molar-refractivity contribution in [2.24, 2.45) is 0 Å². The maximum absolute atomic E-state index is 11.9. The molecule has 0 bridgehead atoms. The lowest BCUT2D eigenvalue weighted by Crippen LogP contribution is -2.29. The molecule has 1 aromatic heterocycles. The first-order chi connectivity index (χ1) is 9.22. The molecule has 1 saturated heterocycles. The molecule has 2 rings (SSSR count). The van der Waals surface area contributed by atoms with Gasteiger partial charge in [0, 0.05) is 31.6 Å². The Morgan fingerprint density at radius 1 is 1.42 bits per heavy atom. The molecule has 19 heavy (non-hydrogen) atoms. The number of carbonyl (C=O) groups excluding carboxylic acids is 1. The van der Waals surface area contributed by atoms with Gasteiger partial charge >= 0.3 is 0 Å². The number of nitrogens with one attached hydrogen (secondary N) is 1. The number of likely N-dealkylation sites (tertiary alicyclic amines) is 1. The zero-order chi connectivity index (χ0) is 13.7. The highest BCUT2D eigenvalue weighted by Crippen LogP contribution is 2.20. The maximum atomic E-state index is 11.9. The van der Waals surface area contributed by atoms with Crippen LogP contribution in [0.3, 0.4) is 0 Å². The van der Waals surface area contributed by atoms with E-state index in [0.717, 1.165) is 43.7 Å². The molecular weight excluding hydrogens is 264 g/mol. The molecule has 1 fully saturated rings. The van der Waals surface area contributed by atoms with Crippen molar-refractivity contribution in [1.29, 1.82) is 0 Å². The lowest BCUT2D eigenvalue weighted by molar-refractivity contribution is -0.129. The van der Waals surface area contributed by atoms with Gasteiger partial charge in [0.1, 0.15) is 17.3 Å². The minimum absolute atomic E-state index is 0.211. The Bertz CT molecular complexity index is 446. The summed E-state index contributed by atoms with van der Waals surface area (Å²) in [6, 6.07) is 0. The van der Waals surface area contributed by atoms with Crippen molar-refractivity contribution in [3.63, 3.8) is 0 Å². The standard InChI is InChI=1S/C13H19ClN4O/c1-2-10-12(14)16-9-17-13(10)15-6-5-11(19)18-7-3-4-8-18/h9H,2-8H2,1H3,(H,15,16,17). The monoisotopic (exact) mass is 282 g/mol. The SMILES string of the molecule is CCc1c(Cl)ncnc1NCCC(=O)N1CCCC1. The number of carbonyl (C=O) groups is 1. The summed E-state index contributed by atoms with van der Waals surface area (Å²) in [7, 11) is 0. The smallest absolute Gasteiger partial charge is 0.224 e. The van der Waals surface area contributed by atoms with E-state index in [1.807, 2.05) is 11.8 Å². The van der Waals surface area contributed by atoms with E-state index in [1.165, 1.54) is 6.33 Å². The van der Waals surface area contributed by atoms with E-state index >= 15 is 0 Å². The molecule has 1 aliphatic heterocycles. The fourth-order valence-electron chi connectivity index (χ4n) is 2.27. The van der Waals surface area contributed by atoms with Gasteiger partial charge in [-0.25, -0.2) is 9.97 Å². The topological polar surface area (TPSA) is 58.1 Å². The molecule has 5 nitrogen and oxygen atoms in total. The number of nitrogens with zero attached hydrogens (tertiary/aromatic N) is 3. The molecule has 0 saturated carbocycles. The van der Waals surface area contributed by atoms with Crippen LogP contribution < -0.4 is 5.32 Å². The minimum atomic E-state index is 0.211. The van der Waals surface area contributed by atoms with Gasteiger partial charge in [-0.1, -0.05) is 18.5 Å². The molecule has 0 atom stereocenters. The van der Waals surface area contributed by atoms with Gasteiger partial charge in [-0.3, -0.25) is 4.79 Å². The number of hydrogen-bond donors (Lipinski definition) is 1. The number of aromatic nitrogens is 2. The summed E-state index contributed by atoms with van der Waals surface area (Å²) in [6.07, 6.45) is 4.94. The van der Waals surface area contributed by atoms with Crippen LogP contribution in [0.2, 0.25) is 5.15 Å². The van der Waals surface area contributed by atoms with Crippen LogP contribution >= 0.6 is 11.6 Å². The molecule has 104 valence electrons. The van der Waals surface area contributed by atoms with Gasteiger partial charge in [-0.15, -0.1) is 0 Å². The largest absolute Gasteiger partial charge is 0.369 e. The van der Waals surface area contributed by atoms with Crippen molar-refractivity contribution in [3.8, 4) is 0 Å². The molecule has 1 aromatic rings. The molecule has 0 radical (unpaired) electrons. The average molecular weight is 283 g/mol. The predicted molar refractivity (Wildman–Crippen MR) is 75.3 cm³/mol. The van der Waals surface area contributed by atoms with Crippen LogP contribution in [-0.2, 0) is 11.2 Å². The first-order valence-electron chi connectivity index (χ1n) is 6.73. The van der Waals surface area contributed by atoms with E-state index in [1.54, 1.807) is 0 Å². The fraction of sp³-hybridized carbons (Fsp3) is 0.615. The van der Waals surface area contributed by atoms with E-state index < -0.39 is 0 Å². The highest BCUT2D eigenvalue weighted by molar-refractivity contribution is 6.30. The zero-order valence-corrected chi connectivity index (χ0v) is 11.9. The van der Waals surface area contributed by atoms with Crippen molar-refractivity contribution in [3.05, 3.63) is 17.0 Å². The predicted octanol–water partition coefficient (Wildman–Crippen LogP) is 2.12. The average Bonchev–Trinajstić information content (AvgIpc) is 2.93. The van der Waals surface area contributed by atoms with E-state index in [2.05, 4.69) is 15.3 Å². The van der Waals surface area contributed by atoms with Crippen LogP contribution in [0.15, 0.2) is 6.33 Å². The van der Waals surface area contributed by atoms with Crippen molar-refractivity contribution in [2.75, 3.05) is 25.0 Å². The highest BCUT2D eigenvalue weighted by atomic mass is 35.5. The third-order valence-corrected chi connectivity index (χ3v) is 3.66. The Hall–Kier alpha value is -1.36. The summed E-state index contributed by atoms with van der Waals surface area (Å²) < 4.78 is 0. The van der Waals surface area contributed by atoms with Crippen molar-refractivity contribution < 1.29 is 4.79 Å². The van der Waals surface area contributed by atoms with Crippen LogP contribution in [0, 0.1) is 0 Å². The quantitative estimate of drug-likeness (QED) is 0.841. The van der Waals surface area contributed by atoms with Crippen LogP contribution in [0.1, 0.15) is 31.7 Å². The minimum Gasteiger partial charge on any atom is -0.369 e. The molecule has 1 aliphatic rings. The van der Waals surface area contributed by atoms with Crippen LogP contribution in [0.25, 0.3) is 0 Å². The fourth-order valence-corrected chi connectivity index (χ4v) is 2.54. The molecule has 0 unspecified atom stereocenters. The summed E-state index contributed by atoms with van der Waals surface area (Å²) in [6.45, 7) is 4.39. The van der Waals surface area contributed by atoms with Gasteiger partial charge in [0.05, 0.1) is 0 Å². The summed E-state index contributed by atoms with van der Waals surface area (Å²) in [5, 5.41) is 3.65. The highest BCUT2D eigenvalue weighted by Gasteiger charge is 2.17. The number of hydrogen-bond acceptors (Lipinski definition) is 4. The third-order valence-electron chi connectivity index (χ3n) is 3.34. The van der Waals surface area contributed by atoms with E-state index in [4.69, 9.17) is 11.6 Å². The molecule has 0 aromatic carbocycles. The molecule has 6 heteroatoms. The third kappa shape index (κ3) is 3.56. The summed E-state index contributed by atoms with van der Waals surface area (Å²) in [4.78, 5) is 21.9. The Morgan fingerprint density at radius 3 is 2.84 bits per heavy atom. The number of rotatable bonds is 5. The molecule has 1 N–H and O–H groups in total. The second kappa shape index (κ2) is 6.70. The van der Waals surface area contributed by atoms with Gasteiger partial charge in [0.25, 0.3) is 0 Å². The molecule has 0 aliphatic carbocycles. The first-order valence-corrected chi connectivity index (χ1v) is 7.11. The molecule has 0 spiro atoms. The summed E-state index contributed by atoms with van der Waals surface area (Å²) in [5.41, 5.74) is 0.901. The second-order valence-corrected chi connectivity index (χ2v) is 4.97. The van der Waals surface area contributed by atoms with Crippen molar-refractivity contribution in [2.45, 2.75) is 32.6 Å². The molecule has 2 heterocycles. The van der Waals surface area contributed by atoms with Gasteiger partial charge in [-0.05, 0) is 19.3 Å².